The molecule has 1 N–H and O–H groups in total. The van der Waals surface area contributed by atoms with E-state index in [1.165, 1.54) is 30.1 Å². The molecule has 1 fully saturated rings. The number of aromatic carboxylic acids is 1. The minimum atomic E-state index is -0.960. The van der Waals surface area contributed by atoms with Crippen LogP contribution in [0.5, 0.6) is 0 Å². The summed E-state index contributed by atoms with van der Waals surface area (Å²) in [5.41, 5.74) is 0.224. The maximum atomic E-state index is 10.8. The zero-order valence-corrected chi connectivity index (χ0v) is 10.8. The predicted molar refractivity (Wildman–Crippen MR) is 67.0 cm³/mol. The average Bonchev–Trinajstić information content (AvgIpc) is 3.16. The minimum absolute atomic E-state index is 0.224. The summed E-state index contributed by atoms with van der Waals surface area (Å²) in [4.78, 5) is 19.2. The molecule has 2 aromatic heterocycles. The Morgan fingerprint density at radius 3 is 3.11 bits per heavy atom. The molecular weight excluding hydrogens is 266 g/mol. The van der Waals surface area contributed by atoms with Crippen molar-refractivity contribution in [1.82, 2.24) is 15.1 Å². The summed E-state index contributed by atoms with van der Waals surface area (Å²) in [6.45, 7) is 0. The normalized spacial score (nSPS) is 14.5. The number of carboxylic acids is 1. The molecule has 0 aromatic carbocycles. The number of carbonyl (C=O) groups is 1. The van der Waals surface area contributed by atoms with E-state index in [2.05, 4.69) is 15.1 Å². The van der Waals surface area contributed by atoms with Crippen molar-refractivity contribution in [1.29, 1.82) is 0 Å². The van der Waals surface area contributed by atoms with Gasteiger partial charge in [-0.3, -0.25) is 0 Å². The molecule has 98 valence electrons. The molecule has 0 unspecified atom stereocenters. The lowest BCUT2D eigenvalue weighted by Crippen LogP contribution is -1.96. The summed E-state index contributed by atoms with van der Waals surface area (Å²) in [7, 11) is 0. The standard InChI is InChI=1S/C12H11N3O3S/c16-12(17)8-3-4-13-10(5-8)19-6-9-14-11(15-18-9)7-1-2-7/h3-5,7H,1-2,6H2,(H,16,17). The molecule has 2 aromatic rings. The van der Waals surface area contributed by atoms with Gasteiger partial charge in [0.25, 0.3) is 0 Å². The molecule has 0 radical (unpaired) electrons. The molecule has 0 amide bonds. The first-order valence-corrected chi connectivity index (χ1v) is 6.85. The van der Waals surface area contributed by atoms with E-state index in [0.29, 0.717) is 22.6 Å². The van der Waals surface area contributed by atoms with Crippen LogP contribution >= 0.6 is 11.8 Å². The zero-order valence-electron chi connectivity index (χ0n) is 9.94. The third kappa shape index (κ3) is 2.93. The monoisotopic (exact) mass is 277 g/mol. The lowest BCUT2D eigenvalue weighted by atomic mass is 10.3. The van der Waals surface area contributed by atoms with Crippen LogP contribution in [0.1, 0.15) is 40.8 Å². The van der Waals surface area contributed by atoms with Gasteiger partial charge < -0.3 is 9.63 Å². The summed E-state index contributed by atoms with van der Waals surface area (Å²) in [5, 5.41) is 13.4. The van der Waals surface area contributed by atoms with Crippen LogP contribution in [0.25, 0.3) is 0 Å². The summed E-state index contributed by atoms with van der Waals surface area (Å²) >= 11 is 1.38. The van der Waals surface area contributed by atoms with E-state index >= 15 is 0 Å². The summed E-state index contributed by atoms with van der Waals surface area (Å²) in [6, 6.07) is 3.00. The van der Waals surface area contributed by atoms with E-state index in [-0.39, 0.29) is 5.56 Å². The van der Waals surface area contributed by atoms with Gasteiger partial charge in [0, 0.05) is 12.1 Å². The average molecular weight is 277 g/mol. The molecule has 6 nitrogen and oxygen atoms in total. The number of pyridine rings is 1. The van der Waals surface area contributed by atoms with Gasteiger partial charge in [0.1, 0.15) is 0 Å². The number of rotatable bonds is 5. The van der Waals surface area contributed by atoms with Gasteiger partial charge in [0.05, 0.1) is 16.3 Å². The molecule has 1 saturated carbocycles. The number of hydrogen-bond acceptors (Lipinski definition) is 6. The van der Waals surface area contributed by atoms with Crippen molar-refractivity contribution in [2.24, 2.45) is 0 Å². The van der Waals surface area contributed by atoms with Gasteiger partial charge in [-0.15, -0.1) is 0 Å². The van der Waals surface area contributed by atoms with Gasteiger partial charge in [-0.05, 0) is 25.0 Å². The van der Waals surface area contributed by atoms with Crippen LogP contribution in [0.4, 0.5) is 0 Å². The molecule has 3 rings (SSSR count). The fraction of sp³-hybridized carbons (Fsp3) is 0.333. The maximum Gasteiger partial charge on any atom is 0.335 e. The molecule has 1 aliphatic rings. The largest absolute Gasteiger partial charge is 0.478 e. The first-order chi connectivity index (χ1) is 9.22. The highest BCUT2D eigenvalue weighted by molar-refractivity contribution is 7.98. The van der Waals surface area contributed by atoms with Gasteiger partial charge >= 0.3 is 5.97 Å². The number of thioether (sulfide) groups is 1. The highest BCUT2D eigenvalue weighted by atomic mass is 32.2. The highest BCUT2D eigenvalue weighted by Gasteiger charge is 2.28. The molecule has 7 heteroatoms. The van der Waals surface area contributed by atoms with Crippen LogP contribution < -0.4 is 0 Å². The van der Waals surface area contributed by atoms with E-state index in [1.807, 2.05) is 0 Å². The minimum Gasteiger partial charge on any atom is -0.478 e. The van der Waals surface area contributed by atoms with E-state index in [1.54, 1.807) is 0 Å². The fourth-order valence-corrected chi connectivity index (χ4v) is 2.33. The topological polar surface area (TPSA) is 89.1 Å². The Balaban J connectivity index is 1.64. The van der Waals surface area contributed by atoms with Crippen molar-refractivity contribution in [2.75, 3.05) is 0 Å². The van der Waals surface area contributed by atoms with Crippen LogP contribution in [0.2, 0.25) is 0 Å². The SMILES string of the molecule is O=C(O)c1ccnc(SCc2nc(C3CC3)no2)c1. The third-order valence-electron chi connectivity index (χ3n) is 2.75. The molecule has 0 bridgehead atoms. The van der Waals surface area contributed by atoms with Gasteiger partial charge in [0.15, 0.2) is 5.82 Å². The Morgan fingerprint density at radius 2 is 2.37 bits per heavy atom. The number of hydrogen-bond donors (Lipinski definition) is 1. The van der Waals surface area contributed by atoms with Crippen molar-refractivity contribution in [2.45, 2.75) is 29.5 Å². The second-order valence-corrected chi connectivity index (χ2v) is 5.29. The molecule has 0 spiro atoms. The Hall–Kier alpha value is -1.89. The Kier molecular flexibility index (Phi) is 3.20. The second kappa shape index (κ2) is 5.00. The Morgan fingerprint density at radius 1 is 1.53 bits per heavy atom. The first-order valence-electron chi connectivity index (χ1n) is 5.87. The van der Waals surface area contributed by atoms with Crippen LogP contribution in [-0.2, 0) is 5.75 Å². The summed E-state index contributed by atoms with van der Waals surface area (Å²) < 4.78 is 5.14. The molecule has 2 heterocycles. The van der Waals surface area contributed by atoms with Gasteiger partial charge in [0.2, 0.25) is 5.89 Å². The van der Waals surface area contributed by atoms with Crippen molar-refractivity contribution in [3.8, 4) is 0 Å². The number of carboxylic acid groups (broad SMARTS) is 1. The van der Waals surface area contributed by atoms with Crippen molar-refractivity contribution < 1.29 is 14.4 Å². The van der Waals surface area contributed by atoms with E-state index in [4.69, 9.17) is 9.63 Å². The number of nitrogens with zero attached hydrogens (tertiary/aromatic N) is 3. The van der Waals surface area contributed by atoms with Crippen molar-refractivity contribution in [3.05, 3.63) is 35.6 Å². The van der Waals surface area contributed by atoms with Gasteiger partial charge in [-0.2, -0.15) is 4.98 Å². The van der Waals surface area contributed by atoms with E-state index in [9.17, 15) is 4.79 Å². The molecule has 0 aliphatic heterocycles. The Bertz CT molecular complexity index is 610. The molecule has 0 atom stereocenters. The van der Waals surface area contributed by atoms with Crippen LogP contribution in [0.15, 0.2) is 27.9 Å². The van der Waals surface area contributed by atoms with Crippen molar-refractivity contribution >= 4 is 17.7 Å². The van der Waals surface area contributed by atoms with Gasteiger partial charge in [-0.25, -0.2) is 9.78 Å². The zero-order chi connectivity index (χ0) is 13.2. The molecule has 1 aliphatic carbocycles. The quantitative estimate of drug-likeness (QED) is 0.839. The highest BCUT2D eigenvalue weighted by Crippen LogP contribution is 2.38. The smallest absolute Gasteiger partial charge is 0.335 e. The molecule has 19 heavy (non-hydrogen) atoms. The van der Waals surface area contributed by atoms with Gasteiger partial charge in [-0.1, -0.05) is 16.9 Å². The van der Waals surface area contributed by atoms with Crippen LogP contribution in [0, 0.1) is 0 Å². The second-order valence-electron chi connectivity index (χ2n) is 4.30. The maximum absolute atomic E-state index is 10.8. The molecular formula is C12H11N3O3S. The van der Waals surface area contributed by atoms with E-state index in [0.717, 1.165) is 18.7 Å². The lowest BCUT2D eigenvalue weighted by molar-refractivity contribution is 0.0696. The van der Waals surface area contributed by atoms with Crippen LogP contribution in [-0.4, -0.2) is 26.2 Å². The summed E-state index contributed by atoms with van der Waals surface area (Å²) in [5.74, 6) is 1.33. The fourth-order valence-electron chi connectivity index (χ4n) is 1.59. The predicted octanol–water partition coefficient (Wildman–Crippen LogP) is 2.33. The summed E-state index contributed by atoms with van der Waals surface area (Å²) in [6.07, 6.45) is 3.75. The molecule has 0 saturated heterocycles. The lowest BCUT2D eigenvalue weighted by Gasteiger charge is -1.98. The Labute approximate surface area is 113 Å². The first kappa shape index (κ1) is 12.2. The third-order valence-corrected chi connectivity index (χ3v) is 3.66. The van der Waals surface area contributed by atoms with Crippen molar-refractivity contribution in [3.63, 3.8) is 0 Å². The van der Waals surface area contributed by atoms with E-state index < -0.39 is 5.97 Å². The number of aromatic nitrogens is 3. The van der Waals surface area contributed by atoms with Crippen LogP contribution in [0.3, 0.4) is 0 Å².